The fourth-order valence-electron chi connectivity index (χ4n) is 1.76. The predicted molar refractivity (Wildman–Crippen MR) is 64.3 cm³/mol. The molecule has 2 rings (SSSR count). The van der Waals surface area contributed by atoms with E-state index in [1.807, 2.05) is 0 Å². The highest BCUT2D eigenvalue weighted by Crippen LogP contribution is 2.22. The van der Waals surface area contributed by atoms with E-state index in [9.17, 15) is 0 Å². The Morgan fingerprint density at radius 1 is 1.38 bits per heavy atom. The van der Waals surface area contributed by atoms with Crippen molar-refractivity contribution in [1.82, 2.24) is 20.2 Å². The minimum atomic E-state index is 0.279. The molecule has 0 saturated heterocycles. The number of nitrogens with two attached hydrogens (primary N) is 1. The van der Waals surface area contributed by atoms with Gasteiger partial charge >= 0.3 is 0 Å². The van der Waals surface area contributed by atoms with Crippen LogP contribution in [0.2, 0.25) is 0 Å². The molecule has 6 nitrogen and oxygen atoms in total. The van der Waals surface area contributed by atoms with Gasteiger partial charge in [-0.2, -0.15) is 15.1 Å². The first kappa shape index (κ1) is 10.7. The molecule has 3 N–H and O–H groups in total. The Balaban J connectivity index is 2.52. The van der Waals surface area contributed by atoms with Gasteiger partial charge in [-0.3, -0.25) is 5.10 Å². The monoisotopic (exact) mass is 220 g/mol. The third kappa shape index (κ3) is 1.78. The molecule has 0 aliphatic carbocycles. The summed E-state index contributed by atoms with van der Waals surface area (Å²) in [6, 6.07) is 0. The molecule has 0 unspecified atom stereocenters. The Hall–Kier alpha value is -1.85. The van der Waals surface area contributed by atoms with Crippen molar-refractivity contribution < 1.29 is 0 Å². The van der Waals surface area contributed by atoms with Crippen molar-refractivity contribution in [2.45, 2.75) is 20.3 Å². The highest BCUT2D eigenvalue weighted by molar-refractivity contribution is 5.87. The molecular weight excluding hydrogens is 204 g/mol. The number of nitrogens with zero attached hydrogens (tertiary/aromatic N) is 4. The summed E-state index contributed by atoms with van der Waals surface area (Å²) in [4.78, 5) is 10.6. The second kappa shape index (κ2) is 4.34. The second-order valence-corrected chi connectivity index (χ2v) is 3.62. The van der Waals surface area contributed by atoms with Gasteiger partial charge in [0.2, 0.25) is 5.95 Å². The predicted octanol–water partition coefficient (Wildman–Crippen LogP) is 1.17. The summed E-state index contributed by atoms with van der Waals surface area (Å²) in [6.07, 6.45) is 2.81. The summed E-state index contributed by atoms with van der Waals surface area (Å²) in [6.45, 7) is 6.08. The number of anilines is 2. The number of H-pyrrole nitrogens is 1. The van der Waals surface area contributed by atoms with Gasteiger partial charge in [0.1, 0.15) is 5.82 Å². The average molecular weight is 220 g/mol. The number of aromatic nitrogens is 4. The molecule has 16 heavy (non-hydrogen) atoms. The van der Waals surface area contributed by atoms with E-state index < -0.39 is 0 Å². The maximum atomic E-state index is 5.68. The standard InChI is InChI=1S/C10H16N6/c1-3-5-16(4-2)9-7-6-12-15-8(7)13-10(11)14-9/h6H,3-5H2,1-2H3,(H3,11,12,13,14,15). The number of nitrogens with one attached hydrogen (secondary N) is 1. The van der Waals surface area contributed by atoms with E-state index in [0.717, 1.165) is 30.7 Å². The van der Waals surface area contributed by atoms with Gasteiger partial charge in [0.15, 0.2) is 5.65 Å². The summed E-state index contributed by atoms with van der Waals surface area (Å²) in [5.41, 5.74) is 6.37. The molecular formula is C10H16N6. The molecule has 0 atom stereocenters. The number of hydrogen-bond donors (Lipinski definition) is 2. The number of nitrogen functional groups attached to an aromatic ring is 1. The molecule has 0 radical (unpaired) electrons. The van der Waals surface area contributed by atoms with Crippen molar-refractivity contribution in [3.63, 3.8) is 0 Å². The van der Waals surface area contributed by atoms with Crippen LogP contribution in [0.4, 0.5) is 11.8 Å². The van der Waals surface area contributed by atoms with Gasteiger partial charge in [0, 0.05) is 13.1 Å². The van der Waals surface area contributed by atoms with Crippen LogP contribution >= 0.6 is 0 Å². The van der Waals surface area contributed by atoms with Gasteiger partial charge in [-0.25, -0.2) is 0 Å². The Bertz CT molecular complexity index is 477. The second-order valence-electron chi connectivity index (χ2n) is 3.62. The van der Waals surface area contributed by atoms with Crippen molar-refractivity contribution in [2.75, 3.05) is 23.7 Å². The van der Waals surface area contributed by atoms with Crippen LogP contribution in [0.5, 0.6) is 0 Å². The van der Waals surface area contributed by atoms with Crippen LogP contribution in [-0.2, 0) is 0 Å². The maximum absolute atomic E-state index is 5.68. The SMILES string of the molecule is CCCN(CC)c1nc(N)nc2[nH]ncc12. The molecule has 0 aliphatic heterocycles. The summed E-state index contributed by atoms with van der Waals surface area (Å²) in [7, 11) is 0. The summed E-state index contributed by atoms with van der Waals surface area (Å²) >= 11 is 0. The quantitative estimate of drug-likeness (QED) is 0.808. The Morgan fingerprint density at radius 2 is 2.19 bits per heavy atom. The highest BCUT2D eigenvalue weighted by Gasteiger charge is 2.12. The highest BCUT2D eigenvalue weighted by atomic mass is 15.2. The lowest BCUT2D eigenvalue weighted by Gasteiger charge is -2.21. The Morgan fingerprint density at radius 3 is 2.88 bits per heavy atom. The molecule has 2 aromatic rings. The fourth-order valence-corrected chi connectivity index (χ4v) is 1.76. The third-order valence-electron chi connectivity index (χ3n) is 2.48. The van der Waals surface area contributed by atoms with Crippen LogP contribution in [0.25, 0.3) is 11.0 Å². The molecule has 2 heterocycles. The van der Waals surface area contributed by atoms with Crippen LogP contribution in [0, 0.1) is 0 Å². The summed E-state index contributed by atoms with van der Waals surface area (Å²) < 4.78 is 0. The normalized spacial score (nSPS) is 10.9. The van der Waals surface area contributed by atoms with Crippen molar-refractivity contribution in [1.29, 1.82) is 0 Å². The van der Waals surface area contributed by atoms with Gasteiger partial charge in [0.05, 0.1) is 11.6 Å². The van der Waals surface area contributed by atoms with Gasteiger partial charge in [-0.15, -0.1) is 0 Å². The molecule has 2 aromatic heterocycles. The number of fused-ring (bicyclic) bond motifs is 1. The minimum Gasteiger partial charge on any atom is -0.368 e. The van der Waals surface area contributed by atoms with Gasteiger partial charge < -0.3 is 10.6 Å². The zero-order chi connectivity index (χ0) is 11.5. The minimum absolute atomic E-state index is 0.279. The topological polar surface area (TPSA) is 83.7 Å². The van der Waals surface area contributed by atoms with E-state index in [4.69, 9.17) is 5.73 Å². The molecule has 6 heteroatoms. The van der Waals surface area contributed by atoms with Crippen molar-refractivity contribution in [2.24, 2.45) is 0 Å². The van der Waals surface area contributed by atoms with Crippen LogP contribution in [-0.4, -0.2) is 33.3 Å². The summed E-state index contributed by atoms with van der Waals surface area (Å²) in [5, 5.41) is 7.71. The van der Waals surface area contributed by atoms with Crippen molar-refractivity contribution >= 4 is 22.8 Å². The fraction of sp³-hybridized carbons (Fsp3) is 0.500. The smallest absolute Gasteiger partial charge is 0.224 e. The van der Waals surface area contributed by atoms with Crippen LogP contribution in [0.1, 0.15) is 20.3 Å². The number of hydrogen-bond acceptors (Lipinski definition) is 5. The maximum Gasteiger partial charge on any atom is 0.224 e. The molecule has 0 aliphatic rings. The first-order valence-corrected chi connectivity index (χ1v) is 5.47. The third-order valence-corrected chi connectivity index (χ3v) is 2.48. The van der Waals surface area contributed by atoms with Gasteiger partial charge in [0.25, 0.3) is 0 Å². The first-order chi connectivity index (χ1) is 7.76. The molecule has 0 spiro atoms. The lowest BCUT2D eigenvalue weighted by Crippen LogP contribution is -2.25. The van der Waals surface area contributed by atoms with Crippen LogP contribution in [0.15, 0.2) is 6.20 Å². The van der Waals surface area contributed by atoms with E-state index >= 15 is 0 Å². The molecule has 0 amide bonds. The van der Waals surface area contributed by atoms with Crippen molar-refractivity contribution in [3.8, 4) is 0 Å². The molecule has 86 valence electrons. The zero-order valence-corrected chi connectivity index (χ0v) is 9.56. The van der Waals surface area contributed by atoms with E-state index in [-0.39, 0.29) is 5.95 Å². The van der Waals surface area contributed by atoms with E-state index in [1.165, 1.54) is 0 Å². The largest absolute Gasteiger partial charge is 0.368 e. The van der Waals surface area contributed by atoms with Crippen molar-refractivity contribution in [3.05, 3.63) is 6.20 Å². The van der Waals surface area contributed by atoms with Crippen LogP contribution < -0.4 is 10.6 Å². The molecule has 0 saturated carbocycles. The van der Waals surface area contributed by atoms with E-state index in [2.05, 4.69) is 38.9 Å². The Kier molecular flexibility index (Phi) is 2.89. The van der Waals surface area contributed by atoms with E-state index in [0.29, 0.717) is 5.65 Å². The lowest BCUT2D eigenvalue weighted by molar-refractivity contribution is 0.782. The zero-order valence-electron chi connectivity index (χ0n) is 9.56. The molecule has 0 fully saturated rings. The lowest BCUT2D eigenvalue weighted by atomic mass is 10.3. The average Bonchev–Trinajstić information content (AvgIpc) is 2.72. The number of rotatable bonds is 4. The van der Waals surface area contributed by atoms with Gasteiger partial charge in [-0.1, -0.05) is 6.92 Å². The molecule has 0 bridgehead atoms. The number of aromatic amines is 1. The Labute approximate surface area is 93.9 Å². The van der Waals surface area contributed by atoms with E-state index in [1.54, 1.807) is 6.20 Å². The summed E-state index contributed by atoms with van der Waals surface area (Å²) in [5.74, 6) is 1.14. The first-order valence-electron chi connectivity index (χ1n) is 5.47. The molecule has 0 aromatic carbocycles. The van der Waals surface area contributed by atoms with Crippen LogP contribution in [0.3, 0.4) is 0 Å². The van der Waals surface area contributed by atoms with Gasteiger partial charge in [-0.05, 0) is 13.3 Å².